The van der Waals surface area contributed by atoms with Gasteiger partial charge >= 0.3 is 10.1 Å². The van der Waals surface area contributed by atoms with Crippen molar-refractivity contribution in [2.24, 2.45) is 4.99 Å². The zero-order valence-electron chi connectivity index (χ0n) is 14.7. The molecule has 4 nitrogen and oxygen atoms in total. The van der Waals surface area contributed by atoms with Crippen molar-refractivity contribution in [3.8, 4) is 5.75 Å². The Labute approximate surface area is 167 Å². The van der Waals surface area contributed by atoms with Crippen LogP contribution in [0.3, 0.4) is 0 Å². The molecule has 0 radical (unpaired) electrons. The van der Waals surface area contributed by atoms with Gasteiger partial charge in [-0.3, -0.25) is 4.99 Å². The zero-order valence-corrected chi connectivity index (χ0v) is 17.1. The maximum atomic E-state index is 12.3. The first kappa shape index (κ1) is 19.3. The van der Waals surface area contributed by atoms with E-state index < -0.39 is 10.1 Å². The monoisotopic (exact) mass is 443 g/mol. The number of hydrogen-bond donors (Lipinski definition) is 0. The molecule has 0 amide bonds. The van der Waals surface area contributed by atoms with E-state index in [1.165, 1.54) is 17.7 Å². The van der Waals surface area contributed by atoms with E-state index in [4.69, 9.17) is 4.18 Å². The minimum atomic E-state index is -3.87. The minimum Gasteiger partial charge on any atom is -0.378 e. The van der Waals surface area contributed by atoms with Crippen LogP contribution < -0.4 is 4.18 Å². The standard InChI is InChI=1S/C21H18BrNO3S/c1-2-16-8-11-18(12-9-16)23-15-17-10-13-21(20(22)14-17)26-27(24,25)19-6-4-3-5-7-19/h3-15H,2H2,1H3. The molecule has 0 heterocycles. The van der Waals surface area contributed by atoms with Crippen LogP contribution in [0, 0.1) is 0 Å². The predicted molar refractivity (Wildman–Crippen MR) is 111 cm³/mol. The van der Waals surface area contributed by atoms with Crippen molar-refractivity contribution in [3.63, 3.8) is 0 Å². The van der Waals surface area contributed by atoms with Crippen LogP contribution in [0.5, 0.6) is 5.75 Å². The molecule has 0 bridgehead atoms. The van der Waals surface area contributed by atoms with Crippen LogP contribution in [-0.4, -0.2) is 14.6 Å². The molecule has 0 aliphatic carbocycles. The lowest BCUT2D eigenvalue weighted by atomic mass is 10.1. The summed E-state index contributed by atoms with van der Waals surface area (Å²) >= 11 is 3.37. The van der Waals surface area contributed by atoms with Gasteiger partial charge in [0.25, 0.3) is 0 Å². The summed E-state index contributed by atoms with van der Waals surface area (Å²) in [5.74, 6) is 0.225. The second kappa shape index (κ2) is 8.50. The van der Waals surface area contributed by atoms with E-state index in [0.717, 1.165) is 17.7 Å². The van der Waals surface area contributed by atoms with Crippen LogP contribution in [0.4, 0.5) is 5.69 Å². The molecule has 0 saturated heterocycles. The van der Waals surface area contributed by atoms with Crippen molar-refractivity contribution < 1.29 is 12.6 Å². The number of halogens is 1. The van der Waals surface area contributed by atoms with E-state index in [2.05, 4.69) is 27.8 Å². The molecule has 0 fully saturated rings. The van der Waals surface area contributed by atoms with Gasteiger partial charge < -0.3 is 4.18 Å². The van der Waals surface area contributed by atoms with Crippen molar-refractivity contribution in [2.75, 3.05) is 0 Å². The van der Waals surface area contributed by atoms with Gasteiger partial charge in [-0.05, 0) is 75.9 Å². The molecule has 3 aromatic carbocycles. The number of aliphatic imine (C=N–C) groups is 1. The van der Waals surface area contributed by atoms with E-state index in [1.807, 2.05) is 24.3 Å². The Balaban J connectivity index is 1.76. The predicted octanol–water partition coefficient (Wildman–Crippen LogP) is 5.53. The molecule has 0 aliphatic rings. The first-order valence-electron chi connectivity index (χ1n) is 8.40. The molecule has 138 valence electrons. The van der Waals surface area contributed by atoms with Crippen LogP contribution in [0.25, 0.3) is 0 Å². The first-order chi connectivity index (χ1) is 13.0. The summed E-state index contributed by atoms with van der Waals surface area (Å²) in [6, 6.07) is 21.2. The SMILES string of the molecule is CCc1ccc(N=Cc2ccc(OS(=O)(=O)c3ccccc3)c(Br)c2)cc1. The molecule has 0 aromatic heterocycles. The Morgan fingerprint density at radius 1 is 1.00 bits per heavy atom. The first-order valence-corrected chi connectivity index (χ1v) is 10.6. The molecule has 0 spiro atoms. The molecule has 6 heteroatoms. The Morgan fingerprint density at radius 3 is 2.33 bits per heavy atom. The second-order valence-electron chi connectivity index (χ2n) is 5.82. The second-order valence-corrected chi connectivity index (χ2v) is 8.22. The maximum absolute atomic E-state index is 12.3. The normalized spacial score (nSPS) is 11.6. The van der Waals surface area contributed by atoms with Gasteiger partial charge in [-0.15, -0.1) is 0 Å². The Bertz CT molecular complexity index is 1050. The third-order valence-electron chi connectivity index (χ3n) is 3.89. The third-order valence-corrected chi connectivity index (χ3v) is 5.76. The van der Waals surface area contributed by atoms with Crippen LogP contribution in [0.2, 0.25) is 0 Å². The van der Waals surface area contributed by atoms with Gasteiger partial charge in [0.1, 0.15) is 4.90 Å². The summed E-state index contributed by atoms with van der Waals surface area (Å²) in [6.45, 7) is 2.11. The van der Waals surface area contributed by atoms with Crippen molar-refractivity contribution >= 4 is 38.0 Å². The number of nitrogens with zero attached hydrogens (tertiary/aromatic N) is 1. The van der Waals surface area contributed by atoms with Crippen LogP contribution >= 0.6 is 15.9 Å². The van der Waals surface area contributed by atoms with Crippen molar-refractivity contribution in [1.82, 2.24) is 0 Å². The molecule has 0 unspecified atom stereocenters. The summed E-state index contributed by atoms with van der Waals surface area (Å²) in [5.41, 5.74) is 2.94. The highest BCUT2D eigenvalue weighted by molar-refractivity contribution is 9.10. The average Bonchev–Trinajstić information content (AvgIpc) is 2.69. The van der Waals surface area contributed by atoms with Crippen molar-refractivity contribution in [2.45, 2.75) is 18.2 Å². The van der Waals surface area contributed by atoms with Crippen LogP contribution in [0.15, 0.2) is 87.2 Å². The molecular weight excluding hydrogens is 426 g/mol. The van der Waals surface area contributed by atoms with Gasteiger partial charge in [0.2, 0.25) is 0 Å². The number of aryl methyl sites for hydroxylation is 1. The molecule has 0 N–H and O–H groups in total. The van der Waals surface area contributed by atoms with E-state index >= 15 is 0 Å². The summed E-state index contributed by atoms with van der Waals surface area (Å²) in [6.07, 6.45) is 2.71. The van der Waals surface area contributed by atoms with E-state index in [9.17, 15) is 8.42 Å². The highest BCUT2D eigenvalue weighted by Crippen LogP contribution is 2.28. The van der Waals surface area contributed by atoms with Crippen LogP contribution in [0.1, 0.15) is 18.1 Å². The minimum absolute atomic E-state index is 0.109. The molecule has 0 aliphatic heterocycles. The fraction of sp³-hybridized carbons (Fsp3) is 0.0952. The average molecular weight is 444 g/mol. The summed E-state index contributed by atoms with van der Waals surface area (Å²) in [5, 5.41) is 0. The lowest BCUT2D eigenvalue weighted by molar-refractivity contribution is 0.484. The Morgan fingerprint density at radius 2 is 1.70 bits per heavy atom. The van der Waals surface area contributed by atoms with Gasteiger partial charge in [0.15, 0.2) is 5.75 Å². The fourth-order valence-corrected chi connectivity index (χ4v) is 3.94. The highest BCUT2D eigenvalue weighted by atomic mass is 79.9. The van der Waals surface area contributed by atoms with E-state index in [-0.39, 0.29) is 10.6 Å². The topological polar surface area (TPSA) is 55.7 Å². The lowest BCUT2D eigenvalue weighted by Crippen LogP contribution is -2.09. The summed E-state index contributed by atoms with van der Waals surface area (Å²) in [7, 11) is -3.87. The quantitative estimate of drug-likeness (QED) is 0.371. The highest BCUT2D eigenvalue weighted by Gasteiger charge is 2.17. The summed E-state index contributed by atoms with van der Waals surface area (Å²) < 4.78 is 30.4. The molecule has 0 saturated carbocycles. The van der Waals surface area contributed by atoms with Gasteiger partial charge in [-0.25, -0.2) is 0 Å². The van der Waals surface area contributed by atoms with Crippen LogP contribution in [-0.2, 0) is 16.5 Å². The van der Waals surface area contributed by atoms with Crippen molar-refractivity contribution in [1.29, 1.82) is 0 Å². The largest absolute Gasteiger partial charge is 0.378 e. The smallest absolute Gasteiger partial charge is 0.339 e. The van der Waals surface area contributed by atoms with Gasteiger partial charge in [0.05, 0.1) is 10.2 Å². The van der Waals surface area contributed by atoms with Crippen molar-refractivity contribution in [3.05, 3.63) is 88.4 Å². The molecule has 3 rings (SSSR count). The Kier molecular flexibility index (Phi) is 6.08. The van der Waals surface area contributed by atoms with Gasteiger partial charge in [0, 0.05) is 6.21 Å². The Hall–Kier alpha value is -2.44. The molecular formula is C21H18BrNO3S. The third kappa shape index (κ3) is 5.05. The number of rotatable bonds is 6. The van der Waals surface area contributed by atoms with E-state index in [1.54, 1.807) is 42.6 Å². The zero-order chi connectivity index (χ0) is 19.3. The van der Waals surface area contributed by atoms with E-state index in [0.29, 0.717) is 4.47 Å². The van der Waals surface area contributed by atoms with Gasteiger partial charge in [-0.1, -0.05) is 37.3 Å². The number of benzene rings is 3. The summed E-state index contributed by atoms with van der Waals surface area (Å²) in [4.78, 5) is 4.55. The molecule has 3 aromatic rings. The molecule has 0 atom stereocenters. The van der Waals surface area contributed by atoms with Gasteiger partial charge in [-0.2, -0.15) is 8.42 Å². The number of hydrogen-bond acceptors (Lipinski definition) is 4. The lowest BCUT2D eigenvalue weighted by Gasteiger charge is -2.09. The fourth-order valence-electron chi connectivity index (χ4n) is 2.39. The molecule has 27 heavy (non-hydrogen) atoms. The maximum Gasteiger partial charge on any atom is 0.339 e.